The van der Waals surface area contributed by atoms with Gasteiger partial charge >= 0.3 is 0 Å². The van der Waals surface area contributed by atoms with Gasteiger partial charge in [0, 0.05) is 35.4 Å². The molecule has 5 rings (SSSR count). The van der Waals surface area contributed by atoms with Crippen LogP contribution in [0.1, 0.15) is 28.8 Å². The number of nitrogens with two attached hydrogens (primary N) is 1. The predicted octanol–water partition coefficient (Wildman–Crippen LogP) is 5.04. The number of fused-ring (bicyclic) bond motifs is 3. The molecule has 0 bridgehead atoms. The maximum atomic E-state index is 6.45. The number of nitrogens with zero attached hydrogens (tertiary/aromatic N) is 3. The highest BCUT2D eigenvalue weighted by molar-refractivity contribution is 7.19. The molecule has 0 fully saturated rings. The highest BCUT2D eigenvalue weighted by Crippen LogP contribution is 2.39. The molecule has 4 aromatic rings. The first-order valence-electron chi connectivity index (χ1n) is 10.5. The summed E-state index contributed by atoms with van der Waals surface area (Å²) in [6.07, 6.45) is 9.15. The summed E-state index contributed by atoms with van der Waals surface area (Å²) in [6, 6.07) is 14.3. The number of anilines is 1. The fourth-order valence-electron chi connectivity index (χ4n) is 4.13. The maximum Gasteiger partial charge on any atom is 0.163 e. The van der Waals surface area contributed by atoms with Gasteiger partial charge in [0.2, 0.25) is 0 Å². The van der Waals surface area contributed by atoms with E-state index in [4.69, 9.17) is 15.7 Å². The SMILES string of the molecule is Cl.N[C@H](CNc1nc(-c2ccncc2)nc2sc3c(c12)CCCC3)Cc1ccccc1. The largest absolute Gasteiger partial charge is 0.368 e. The molecule has 3 heterocycles. The van der Waals surface area contributed by atoms with Crippen molar-refractivity contribution in [3.8, 4) is 11.4 Å². The van der Waals surface area contributed by atoms with Gasteiger partial charge in [0.1, 0.15) is 10.6 Å². The van der Waals surface area contributed by atoms with E-state index in [0.717, 1.165) is 41.3 Å². The number of hydrogen-bond donors (Lipinski definition) is 2. The van der Waals surface area contributed by atoms with Crippen LogP contribution >= 0.6 is 23.7 Å². The third-order valence-corrected chi connectivity index (χ3v) is 6.81. The number of hydrogen-bond acceptors (Lipinski definition) is 6. The summed E-state index contributed by atoms with van der Waals surface area (Å²) in [7, 11) is 0. The van der Waals surface area contributed by atoms with Crippen LogP contribution in [0, 0.1) is 0 Å². The Bertz CT molecular complexity index is 1150. The number of thiophene rings is 1. The highest BCUT2D eigenvalue weighted by atomic mass is 35.5. The van der Waals surface area contributed by atoms with E-state index in [0.29, 0.717) is 6.54 Å². The summed E-state index contributed by atoms with van der Waals surface area (Å²) in [5, 5.41) is 4.76. The first-order valence-corrected chi connectivity index (χ1v) is 11.4. The molecule has 7 heteroatoms. The molecule has 160 valence electrons. The van der Waals surface area contributed by atoms with E-state index in [1.807, 2.05) is 29.5 Å². The second-order valence-electron chi connectivity index (χ2n) is 7.85. The van der Waals surface area contributed by atoms with E-state index in [1.165, 1.54) is 34.2 Å². The van der Waals surface area contributed by atoms with Crippen LogP contribution in [0.5, 0.6) is 0 Å². The van der Waals surface area contributed by atoms with Crippen LogP contribution in [-0.4, -0.2) is 27.5 Å². The van der Waals surface area contributed by atoms with Gasteiger partial charge in [0.05, 0.1) is 5.39 Å². The van der Waals surface area contributed by atoms with Gasteiger partial charge in [0.25, 0.3) is 0 Å². The van der Waals surface area contributed by atoms with Crippen molar-refractivity contribution in [3.05, 3.63) is 70.9 Å². The molecular weight excluding hydrogens is 426 g/mol. The molecule has 1 aliphatic carbocycles. The molecule has 0 amide bonds. The molecule has 0 unspecified atom stereocenters. The monoisotopic (exact) mass is 451 g/mol. The third-order valence-electron chi connectivity index (χ3n) is 5.63. The van der Waals surface area contributed by atoms with Gasteiger partial charge in [-0.25, -0.2) is 9.97 Å². The Balaban J connectivity index is 0.00000231. The van der Waals surface area contributed by atoms with Crippen molar-refractivity contribution in [2.75, 3.05) is 11.9 Å². The molecule has 5 nitrogen and oxygen atoms in total. The lowest BCUT2D eigenvalue weighted by Gasteiger charge is -2.16. The van der Waals surface area contributed by atoms with Crippen molar-refractivity contribution < 1.29 is 0 Å². The van der Waals surface area contributed by atoms with E-state index < -0.39 is 0 Å². The number of rotatable bonds is 6. The van der Waals surface area contributed by atoms with Crippen LogP contribution in [0.3, 0.4) is 0 Å². The second-order valence-corrected chi connectivity index (χ2v) is 8.94. The van der Waals surface area contributed by atoms with Crippen LogP contribution in [-0.2, 0) is 19.3 Å². The third kappa shape index (κ3) is 4.71. The van der Waals surface area contributed by atoms with E-state index in [9.17, 15) is 0 Å². The van der Waals surface area contributed by atoms with Crippen molar-refractivity contribution in [2.24, 2.45) is 5.73 Å². The highest BCUT2D eigenvalue weighted by Gasteiger charge is 2.21. The van der Waals surface area contributed by atoms with E-state index in [1.54, 1.807) is 12.4 Å². The van der Waals surface area contributed by atoms with Crippen LogP contribution in [0.2, 0.25) is 0 Å². The van der Waals surface area contributed by atoms with Gasteiger partial charge in [0.15, 0.2) is 5.82 Å². The summed E-state index contributed by atoms with van der Waals surface area (Å²) in [4.78, 5) is 16.5. The molecule has 3 aromatic heterocycles. The Morgan fingerprint density at radius 3 is 2.58 bits per heavy atom. The Kier molecular flexibility index (Phi) is 6.80. The quantitative estimate of drug-likeness (QED) is 0.429. The Morgan fingerprint density at radius 1 is 1.00 bits per heavy atom. The molecule has 0 radical (unpaired) electrons. The molecule has 1 atom stereocenters. The van der Waals surface area contributed by atoms with Crippen molar-refractivity contribution in [1.82, 2.24) is 15.0 Å². The minimum atomic E-state index is 0. The Labute approximate surface area is 192 Å². The van der Waals surface area contributed by atoms with Gasteiger partial charge in [-0.2, -0.15) is 0 Å². The molecule has 3 N–H and O–H groups in total. The Morgan fingerprint density at radius 2 is 1.77 bits per heavy atom. The molecule has 0 aliphatic heterocycles. The standard InChI is InChI=1S/C24H25N5S.ClH/c25-18(14-16-6-2-1-3-7-16)15-27-23-21-19-8-4-5-9-20(19)30-24(21)29-22(28-23)17-10-12-26-13-11-17;/h1-3,6-7,10-13,18H,4-5,8-9,14-15,25H2,(H,27,28,29);1H/t18-;/m0./s1. The average Bonchev–Trinajstić information content (AvgIpc) is 3.17. The number of aromatic nitrogens is 3. The minimum absolute atomic E-state index is 0. The molecule has 0 saturated carbocycles. The van der Waals surface area contributed by atoms with Gasteiger partial charge in [-0.1, -0.05) is 30.3 Å². The van der Waals surface area contributed by atoms with Crippen LogP contribution < -0.4 is 11.1 Å². The molecule has 0 spiro atoms. The fraction of sp³-hybridized carbons (Fsp3) is 0.292. The first-order chi connectivity index (χ1) is 14.8. The van der Waals surface area contributed by atoms with E-state index in [-0.39, 0.29) is 18.4 Å². The zero-order chi connectivity index (χ0) is 20.3. The zero-order valence-electron chi connectivity index (χ0n) is 17.3. The lowest BCUT2D eigenvalue weighted by atomic mass is 9.97. The van der Waals surface area contributed by atoms with Gasteiger partial charge in [-0.3, -0.25) is 4.98 Å². The summed E-state index contributed by atoms with van der Waals surface area (Å²) in [5.41, 5.74) is 10.1. The number of pyridine rings is 1. The summed E-state index contributed by atoms with van der Waals surface area (Å²) in [5.74, 6) is 1.65. The molecular formula is C24H26ClN5S. The maximum absolute atomic E-state index is 6.45. The number of aryl methyl sites for hydroxylation is 2. The zero-order valence-corrected chi connectivity index (χ0v) is 18.9. The minimum Gasteiger partial charge on any atom is -0.368 e. The predicted molar refractivity (Wildman–Crippen MR) is 131 cm³/mol. The average molecular weight is 452 g/mol. The van der Waals surface area contributed by atoms with Crippen molar-refractivity contribution >= 4 is 39.8 Å². The van der Waals surface area contributed by atoms with E-state index >= 15 is 0 Å². The summed E-state index contributed by atoms with van der Waals surface area (Å²) >= 11 is 1.82. The molecule has 0 saturated heterocycles. The number of nitrogens with one attached hydrogen (secondary N) is 1. The van der Waals surface area contributed by atoms with Crippen molar-refractivity contribution in [2.45, 2.75) is 38.1 Å². The number of halogens is 1. The number of benzene rings is 1. The van der Waals surface area contributed by atoms with Crippen molar-refractivity contribution in [1.29, 1.82) is 0 Å². The van der Waals surface area contributed by atoms with Crippen molar-refractivity contribution in [3.63, 3.8) is 0 Å². The van der Waals surface area contributed by atoms with Gasteiger partial charge in [-0.05, 0) is 55.4 Å². The molecule has 1 aromatic carbocycles. The second kappa shape index (κ2) is 9.73. The first kappa shape index (κ1) is 21.7. The van der Waals surface area contributed by atoms with Gasteiger partial charge < -0.3 is 11.1 Å². The lowest BCUT2D eigenvalue weighted by Crippen LogP contribution is -2.31. The smallest absolute Gasteiger partial charge is 0.163 e. The van der Waals surface area contributed by atoms with Crippen LogP contribution in [0.4, 0.5) is 5.82 Å². The Hall–Kier alpha value is -2.54. The topological polar surface area (TPSA) is 76.7 Å². The molecule has 31 heavy (non-hydrogen) atoms. The fourth-order valence-corrected chi connectivity index (χ4v) is 5.39. The van der Waals surface area contributed by atoms with Gasteiger partial charge in [-0.15, -0.1) is 23.7 Å². The van der Waals surface area contributed by atoms with Crippen LogP contribution in [0.25, 0.3) is 21.6 Å². The van der Waals surface area contributed by atoms with Crippen LogP contribution in [0.15, 0.2) is 54.9 Å². The summed E-state index contributed by atoms with van der Waals surface area (Å²) in [6.45, 7) is 0.668. The summed E-state index contributed by atoms with van der Waals surface area (Å²) < 4.78 is 0. The molecule has 1 aliphatic rings. The lowest BCUT2D eigenvalue weighted by molar-refractivity contribution is 0.695. The normalized spacial score (nSPS) is 14.0. The van der Waals surface area contributed by atoms with E-state index in [2.05, 4.69) is 34.6 Å².